The van der Waals surface area contributed by atoms with Crippen molar-refractivity contribution in [1.82, 2.24) is 0 Å². The highest BCUT2D eigenvalue weighted by atomic mass is 35.5. The first-order valence-corrected chi connectivity index (χ1v) is 13.7. The van der Waals surface area contributed by atoms with E-state index in [1.54, 1.807) is 0 Å². The lowest BCUT2D eigenvalue weighted by Crippen LogP contribution is -2.48. The first kappa shape index (κ1) is 29.6. The van der Waals surface area contributed by atoms with Crippen molar-refractivity contribution in [3.05, 3.63) is 88.2 Å². The molecule has 0 fully saturated rings. The summed E-state index contributed by atoms with van der Waals surface area (Å²) in [5.74, 6) is -1.73. The summed E-state index contributed by atoms with van der Waals surface area (Å²) in [6.45, 7) is 1.96. The number of halogens is 5. The summed E-state index contributed by atoms with van der Waals surface area (Å²) in [5.41, 5.74) is -2.22. The number of fused-ring (bicyclic) bond motifs is 1. The Kier molecular flexibility index (Phi) is 8.08. The van der Waals surface area contributed by atoms with E-state index in [0.717, 1.165) is 22.5 Å². The van der Waals surface area contributed by atoms with Gasteiger partial charge in [0.05, 0.1) is 33.8 Å². The number of alkyl halides is 3. The molecule has 0 bridgehead atoms. The van der Waals surface area contributed by atoms with Crippen LogP contribution < -0.4 is 9.04 Å². The van der Waals surface area contributed by atoms with E-state index in [1.807, 2.05) is 0 Å². The Morgan fingerprint density at radius 2 is 1.80 bits per heavy atom. The maximum absolute atomic E-state index is 14.2. The Morgan fingerprint density at radius 1 is 1.10 bits per heavy atom. The Balaban J connectivity index is 1.74. The van der Waals surface area contributed by atoms with Crippen LogP contribution in [0, 0.1) is 5.82 Å². The largest absolute Gasteiger partial charge is 0.489 e. The van der Waals surface area contributed by atoms with Crippen molar-refractivity contribution in [2.45, 2.75) is 49.7 Å². The highest BCUT2D eigenvalue weighted by molar-refractivity contribution is 7.92. The summed E-state index contributed by atoms with van der Waals surface area (Å²) in [5, 5.41) is 9.62. The monoisotopic (exact) mass is 601 g/mol. The number of anilines is 1. The average Bonchev–Trinajstić information content (AvgIpc) is 2.87. The number of sulfonamides is 1. The molecule has 0 saturated heterocycles. The van der Waals surface area contributed by atoms with Gasteiger partial charge in [-0.3, -0.25) is 4.31 Å². The quantitative estimate of drug-likeness (QED) is 0.315. The summed E-state index contributed by atoms with van der Waals surface area (Å²) < 4.78 is 94.0. The Morgan fingerprint density at radius 3 is 2.45 bits per heavy atom. The van der Waals surface area contributed by atoms with E-state index in [9.17, 15) is 35.9 Å². The van der Waals surface area contributed by atoms with Gasteiger partial charge in [0, 0.05) is 18.1 Å². The van der Waals surface area contributed by atoms with Gasteiger partial charge in [0.25, 0.3) is 10.0 Å². The van der Waals surface area contributed by atoms with Gasteiger partial charge in [-0.15, -0.1) is 0 Å². The van der Waals surface area contributed by atoms with Gasteiger partial charge >= 0.3 is 12.1 Å². The van der Waals surface area contributed by atoms with Crippen LogP contribution in [0.15, 0.2) is 65.6 Å². The Labute approximate surface area is 232 Å². The molecule has 0 radical (unpaired) electrons. The second-order valence-electron chi connectivity index (χ2n) is 9.60. The molecular formula is C27H24ClF4NO6S. The molecule has 4 rings (SSSR count). The number of hydrogen-bond donors (Lipinski definition) is 1. The normalized spacial score (nSPS) is 16.0. The molecule has 0 saturated carbocycles. The fourth-order valence-corrected chi connectivity index (χ4v) is 5.98. The molecule has 1 aliphatic heterocycles. The van der Waals surface area contributed by atoms with Crippen molar-refractivity contribution < 1.29 is 45.4 Å². The van der Waals surface area contributed by atoms with Crippen LogP contribution in [0.2, 0.25) is 5.02 Å². The number of benzene rings is 3. The highest BCUT2D eigenvalue weighted by Crippen LogP contribution is 2.38. The van der Waals surface area contributed by atoms with Crippen molar-refractivity contribution in [3.63, 3.8) is 0 Å². The van der Waals surface area contributed by atoms with Crippen LogP contribution in [0.25, 0.3) is 0 Å². The molecule has 0 aliphatic carbocycles. The third-order valence-corrected chi connectivity index (χ3v) is 8.44. The minimum absolute atomic E-state index is 0.0831. The number of ether oxygens (including phenoxy) is 2. The minimum Gasteiger partial charge on any atom is -0.489 e. The van der Waals surface area contributed by atoms with E-state index in [0.29, 0.717) is 11.6 Å². The number of aliphatic carboxylic acids is 1. The molecule has 3 aromatic carbocycles. The topological polar surface area (TPSA) is 93.1 Å². The molecule has 3 aromatic rings. The molecule has 0 spiro atoms. The number of rotatable bonds is 8. The number of carbonyl (C=O) groups is 1. The molecule has 0 amide bonds. The van der Waals surface area contributed by atoms with E-state index >= 15 is 0 Å². The van der Waals surface area contributed by atoms with Gasteiger partial charge in [0.1, 0.15) is 18.2 Å². The zero-order chi connectivity index (χ0) is 29.5. The number of carboxylic acid groups (broad SMARTS) is 1. The van der Waals surface area contributed by atoms with Gasteiger partial charge in [-0.25, -0.2) is 17.6 Å². The van der Waals surface area contributed by atoms with Crippen LogP contribution in [0.4, 0.5) is 23.2 Å². The first-order chi connectivity index (χ1) is 18.6. The second kappa shape index (κ2) is 10.9. The van der Waals surface area contributed by atoms with Gasteiger partial charge in [0.15, 0.2) is 5.60 Å². The Bertz CT molecular complexity index is 1520. The molecule has 0 unspecified atom stereocenters. The highest BCUT2D eigenvalue weighted by Gasteiger charge is 2.40. The zero-order valence-corrected chi connectivity index (χ0v) is 22.8. The average molecular weight is 602 g/mol. The maximum Gasteiger partial charge on any atom is 0.416 e. The third kappa shape index (κ3) is 6.18. The SMILES string of the molecule is CC(C)(O[C@@H]1Cc2ccc(OCc3c(F)cccc3Cl)cc2N(S(=O)(=O)c2cccc(C(F)(F)F)c2)C1)C(=O)O. The molecule has 0 aromatic heterocycles. The molecule has 1 aliphatic rings. The molecule has 1 atom stereocenters. The summed E-state index contributed by atoms with van der Waals surface area (Å²) in [7, 11) is -4.60. The molecule has 7 nitrogen and oxygen atoms in total. The predicted octanol–water partition coefficient (Wildman–Crippen LogP) is 6.08. The van der Waals surface area contributed by atoms with Crippen LogP contribution in [0.5, 0.6) is 5.75 Å². The summed E-state index contributed by atoms with van der Waals surface area (Å²) in [6.07, 6.45) is -5.61. The number of hydrogen-bond acceptors (Lipinski definition) is 5. The molecular weight excluding hydrogens is 578 g/mol. The van der Waals surface area contributed by atoms with Gasteiger partial charge < -0.3 is 14.6 Å². The maximum atomic E-state index is 14.2. The van der Waals surface area contributed by atoms with Crippen molar-refractivity contribution >= 4 is 33.3 Å². The fraction of sp³-hybridized carbons (Fsp3) is 0.296. The molecule has 1 heterocycles. The van der Waals surface area contributed by atoms with Crippen molar-refractivity contribution in [3.8, 4) is 5.75 Å². The smallest absolute Gasteiger partial charge is 0.416 e. The van der Waals surface area contributed by atoms with E-state index in [1.165, 1.54) is 50.2 Å². The van der Waals surface area contributed by atoms with Crippen LogP contribution in [0.3, 0.4) is 0 Å². The second-order valence-corrected chi connectivity index (χ2v) is 11.9. The third-order valence-electron chi connectivity index (χ3n) is 6.31. The minimum atomic E-state index is -4.78. The summed E-state index contributed by atoms with van der Waals surface area (Å²) in [6, 6.07) is 11.8. The lowest BCUT2D eigenvalue weighted by Gasteiger charge is -2.38. The molecule has 1 N–H and O–H groups in total. The lowest BCUT2D eigenvalue weighted by atomic mass is 10.00. The molecule has 13 heteroatoms. The van der Waals surface area contributed by atoms with Gasteiger partial charge in [-0.2, -0.15) is 13.2 Å². The van der Waals surface area contributed by atoms with Gasteiger partial charge in [-0.05, 0) is 55.8 Å². The standard InChI is InChI=1S/C27H24ClF4NO6S/c1-26(2,25(34)35)39-19-11-16-9-10-18(38-15-21-22(28)7-4-8-23(21)29)13-24(16)33(14-19)40(36,37)20-6-3-5-17(12-20)27(30,31)32/h3-10,12-13,19H,11,14-15H2,1-2H3,(H,34,35)/t19-/m1/s1. The van der Waals surface area contributed by atoms with Crippen molar-refractivity contribution in [2.24, 2.45) is 0 Å². The van der Waals surface area contributed by atoms with Crippen molar-refractivity contribution in [1.29, 1.82) is 0 Å². The number of carboxylic acids is 1. The summed E-state index contributed by atoms with van der Waals surface area (Å²) in [4.78, 5) is 11.0. The van der Waals surface area contributed by atoms with Crippen LogP contribution in [-0.2, 0) is 38.8 Å². The Hall–Kier alpha value is -3.35. The van der Waals surface area contributed by atoms with Crippen LogP contribution in [0.1, 0.15) is 30.5 Å². The molecule has 214 valence electrons. The first-order valence-electron chi connectivity index (χ1n) is 11.9. The van der Waals surface area contributed by atoms with E-state index < -0.39 is 50.2 Å². The fourth-order valence-electron chi connectivity index (χ4n) is 4.19. The van der Waals surface area contributed by atoms with E-state index in [-0.39, 0.29) is 41.6 Å². The zero-order valence-electron chi connectivity index (χ0n) is 21.2. The van der Waals surface area contributed by atoms with Gasteiger partial charge in [0.2, 0.25) is 0 Å². The van der Waals surface area contributed by atoms with E-state index in [4.69, 9.17) is 21.1 Å². The summed E-state index contributed by atoms with van der Waals surface area (Å²) >= 11 is 6.05. The predicted molar refractivity (Wildman–Crippen MR) is 138 cm³/mol. The van der Waals surface area contributed by atoms with Gasteiger partial charge in [-0.1, -0.05) is 29.8 Å². The molecule has 40 heavy (non-hydrogen) atoms. The van der Waals surface area contributed by atoms with Crippen molar-refractivity contribution in [2.75, 3.05) is 10.8 Å². The van der Waals surface area contributed by atoms with Crippen LogP contribution in [-0.4, -0.2) is 37.7 Å². The number of nitrogens with zero attached hydrogens (tertiary/aromatic N) is 1. The van der Waals surface area contributed by atoms with Crippen LogP contribution >= 0.6 is 11.6 Å². The lowest BCUT2D eigenvalue weighted by molar-refractivity contribution is -0.167. The van der Waals surface area contributed by atoms with E-state index in [2.05, 4.69) is 0 Å².